The molecule has 0 unspecified atom stereocenters. The lowest BCUT2D eigenvalue weighted by atomic mass is 9.98. The fraction of sp³-hybridized carbons (Fsp3) is 0.353. The van der Waals surface area contributed by atoms with Crippen LogP contribution < -0.4 is 0 Å². The van der Waals surface area contributed by atoms with Crippen molar-refractivity contribution in [3.63, 3.8) is 0 Å². The number of oxime groups is 2. The van der Waals surface area contributed by atoms with Gasteiger partial charge >= 0.3 is 5.97 Å². The molecule has 0 aliphatic carbocycles. The maximum absolute atomic E-state index is 12.0. The molecule has 0 aliphatic rings. The normalized spacial score (nSPS) is 11.9. The maximum atomic E-state index is 12.0. The molecule has 6 heteroatoms. The van der Waals surface area contributed by atoms with Gasteiger partial charge in [-0.05, 0) is 31.9 Å². The van der Waals surface area contributed by atoms with Crippen LogP contribution in [-0.4, -0.2) is 31.6 Å². The molecule has 1 rings (SSSR count). The maximum Gasteiger partial charge on any atom is 0.360 e. The number of esters is 1. The van der Waals surface area contributed by atoms with E-state index < -0.39 is 5.97 Å². The molecular formula is C17H22N2O4. The third-order valence-corrected chi connectivity index (χ3v) is 3.20. The van der Waals surface area contributed by atoms with Gasteiger partial charge in [-0.1, -0.05) is 35.1 Å². The number of hydrogen-bond acceptors (Lipinski definition) is 6. The van der Waals surface area contributed by atoms with E-state index >= 15 is 0 Å². The van der Waals surface area contributed by atoms with Gasteiger partial charge in [-0.25, -0.2) is 4.79 Å². The molecule has 0 fully saturated rings. The fourth-order valence-electron chi connectivity index (χ4n) is 1.84. The zero-order valence-corrected chi connectivity index (χ0v) is 14.2. The summed E-state index contributed by atoms with van der Waals surface area (Å²) in [4.78, 5) is 22.1. The predicted molar refractivity (Wildman–Crippen MR) is 89.5 cm³/mol. The van der Waals surface area contributed by atoms with E-state index in [-0.39, 0.29) is 12.3 Å². The molecule has 1 aromatic rings. The van der Waals surface area contributed by atoms with Gasteiger partial charge in [0.1, 0.15) is 13.7 Å². The monoisotopic (exact) mass is 318 g/mol. The van der Waals surface area contributed by atoms with Gasteiger partial charge in [0.15, 0.2) is 5.71 Å². The highest BCUT2D eigenvalue weighted by atomic mass is 16.6. The number of allylic oxidation sites excluding steroid dienone is 1. The Morgan fingerprint density at radius 2 is 1.91 bits per heavy atom. The Bertz CT molecular complexity index is 648. The van der Waals surface area contributed by atoms with Crippen molar-refractivity contribution in [3.05, 3.63) is 47.0 Å². The van der Waals surface area contributed by atoms with Crippen LogP contribution in [-0.2, 0) is 25.8 Å². The van der Waals surface area contributed by atoms with Crippen LogP contribution >= 0.6 is 0 Å². The highest BCUT2D eigenvalue weighted by Crippen LogP contribution is 2.18. The molecule has 124 valence electrons. The Labute approximate surface area is 136 Å². The van der Waals surface area contributed by atoms with Crippen molar-refractivity contribution in [3.8, 4) is 0 Å². The summed E-state index contributed by atoms with van der Waals surface area (Å²) in [5, 5.41) is 7.78. The number of ether oxygens (including phenoxy) is 1. The first-order valence-electron chi connectivity index (χ1n) is 7.03. The molecule has 0 spiro atoms. The summed E-state index contributed by atoms with van der Waals surface area (Å²) in [6.07, 6.45) is 0. The van der Waals surface area contributed by atoms with Crippen molar-refractivity contribution in [2.45, 2.75) is 27.4 Å². The Morgan fingerprint density at radius 3 is 2.48 bits per heavy atom. The number of methoxy groups -OCH3 is 1. The fourth-order valence-corrected chi connectivity index (χ4v) is 1.84. The molecule has 1 aromatic carbocycles. The lowest BCUT2D eigenvalue weighted by Gasteiger charge is -2.12. The van der Waals surface area contributed by atoms with E-state index in [0.29, 0.717) is 11.3 Å². The van der Waals surface area contributed by atoms with Crippen LogP contribution in [0.1, 0.15) is 30.5 Å². The summed E-state index contributed by atoms with van der Waals surface area (Å²) in [7, 11) is 2.67. The summed E-state index contributed by atoms with van der Waals surface area (Å²) in [5.74, 6) is -0.580. The second kappa shape index (κ2) is 8.73. The number of carbonyl (C=O) groups is 1. The first kappa shape index (κ1) is 18.4. The van der Waals surface area contributed by atoms with Crippen LogP contribution in [0.15, 0.2) is 40.7 Å². The molecule has 6 nitrogen and oxygen atoms in total. The van der Waals surface area contributed by atoms with Gasteiger partial charge in [0, 0.05) is 11.1 Å². The van der Waals surface area contributed by atoms with E-state index in [0.717, 1.165) is 16.7 Å². The van der Waals surface area contributed by atoms with Crippen LogP contribution in [0.2, 0.25) is 0 Å². The van der Waals surface area contributed by atoms with Crippen LogP contribution in [0.25, 0.3) is 0 Å². The van der Waals surface area contributed by atoms with Crippen molar-refractivity contribution in [2.75, 3.05) is 14.2 Å². The molecule has 0 saturated carbocycles. The van der Waals surface area contributed by atoms with Crippen molar-refractivity contribution in [1.82, 2.24) is 0 Å². The standard InChI is InChI=1S/C17H22N2O4/c1-11(2)13(4)18-23-10-14-9-7-8-12(3)15(14)16(19-22-6)17(20)21-5/h7-9H,1,10H2,2-6H3/b18-13-,19-16-. The van der Waals surface area contributed by atoms with Crippen LogP contribution in [0.5, 0.6) is 0 Å². The molecule has 0 bridgehead atoms. The average molecular weight is 318 g/mol. The van der Waals surface area contributed by atoms with Gasteiger partial charge in [-0.2, -0.15) is 0 Å². The van der Waals surface area contributed by atoms with E-state index in [4.69, 9.17) is 14.4 Å². The minimum Gasteiger partial charge on any atom is -0.464 e. The number of carbonyl (C=O) groups excluding carboxylic acids is 1. The molecule has 0 heterocycles. The molecule has 0 amide bonds. The summed E-state index contributed by atoms with van der Waals surface area (Å²) in [6.45, 7) is 9.50. The van der Waals surface area contributed by atoms with E-state index in [1.165, 1.54) is 14.2 Å². The minimum atomic E-state index is -0.580. The van der Waals surface area contributed by atoms with Gasteiger partial charge < -0.3 is 14.4 Å². The summed E-state index contributed by atoms with van der Waals surface area (Å²) >= 11 is 0. The molecule has 0 saturated heterocycles. The van der Waals surface area contributed by atoms with Crippen LogP contribution in [0.3, 0.4) is 0 Å². The Hall–Kier alpha value is -2.63. The molecule has 0 aliphatic heterocycles. The Kier molecular flexibility index (Phi) is 6.99. The average Bonchev–Trinajstić information content (AvgIpc) is 2.52. The molecule has 0 atom stereocenters. The first-order chi connectivity index (χ1) is 10.9. The molecular weight excluding hydrogens is 296 g/mol. The highest BCUT2D eigenvalue weighted by Gasteiger charge is 2.21. The van der Waals surface area contributed by atoms with E-state index in [2.05, 4.69) is 16.9 Å². The third kappa shape index (κ3) is 4.95. The molecule has 0 aromatic heterocycles. The van der Waals surface area contributed by atoms with Crippen LogP contribution in [0, 0.1) is 6.92 Å². The Balaban J connectivity index is 3.18. The highest BCUT2D eigenvalue weighted by molar-refractivity contribution is 6.43. The summed E-state index contributed by atoms with van der Waals surface area (Å²) < 4.78 is 4.77. The predicted octanol–water partition coefficient (Wildman–Crippen LogP) is 2.99. The number of nitrogens with zero attached hydrogens (tertiary/aromatic N) is 2. The molecule has 0 N–H and O–H groups in total. The third-order valence-electron chi connectivity index (χ3n) is 3.20. The van der Waals surface area contributed by atoms with Gasteiger partial charge in [-0.3, -0.25) is 0 Å². The van der Waals surface area contributed by atoms with Crippen molar-refractivity contribution < 1.29 is 19.2 Å². The van der Waals surface area contributed by atoms with Gasteiger partial charge in [0.2, 0.25) is 0 Å². The zero-order valence-electron chi connectivity index (χ0n) is 14.2. The largest absolute Gasteiger partial charge is 0.464 e. The van der Waals surface area contributed by atoms with Crippen molar-refractivity contribution in [1.29, 1.82) is 0 Å². The second-order valence-corrected chi connectivity index (χ2v) is 4.95. The SMILES string of the molecule is C=C(C)/C(C)=N\OCc1cccc(C)c1/C(=N/OC)C(=O)OC. The number of rotatable bonds is 7. The molecule has 0 radical (unpaired) electrons. The summed E-state index contributed by atoms with van der Waals surface area (Å²) in [5.41, 5.74) is 3.85. The smallest absolute Gasteiger partial charge is 0.360 e. The van der Waals surface area contributed by atoms with E-state index in [1.54, 1.807) is 0 Å². The first-order valence-corrected chi connectivity index (χ1v) is 7.03. The quantitative estimate of drug-likeness (QED) is 0.440. The minimum absolute atomic E-state index is 0.0901. The van der Waals surface area contributed by atoms with Crippen molar-refractivity contribution in [2.24, 2.45) is 10.3 Å². The number of aryl methyl sites for hydroxylation is 1. The van der Waals surface area contributed by atoms with Gasteiger partial charge in [0.25, 0.3) is 0 Å². The zero-order chi connectivity index (χ0) is 17.4. The number of benzene rings is 1. The number of hydrogen-bond donors (Lipinski definition) is 0. The topological polar surface area (TPSA) is 69.5 Å². The summed E-state index contributed by atoms with van der Waals surface area (Å²) in [6, 6.07) is 5.58. The van der Waals surface area contributed by atoms with E-state index in [1.807, 2.05) is 39.0 Å². The van der Waals surface area contributed by atoms with Crippen molar-refractivity contribution >= 4 is 17.4 Å². The lowest BCUT2D eigenvalue weighted by Crippen LogP contribution is -2.20. The van der Waals surface area contributed by atoms with Gasteiger partial charge in [0.05, 0.1) is 12.8 Å². The molecule has 23 heavy (non-hydrogen) atoms. The van der Waals surface area contributed by atoms with Crippen LogP contribution in [0.4, 0.5) is 0 Å². The lowest BCUT2D eigenvalue weighted by molar-refractivity contribution is -0.132. The second-order valence-electron chi connectivity index (χ2n) is 4.95. The Morgan fingerprint density at radius 1 is 1.22 bits per heavy atom. The van der Waals surface area contributed by atoms with Gasteiger partial charge in [-0.15, -0.1) is 0 Å². The van der Waals surface area contributed by atoms with E-state index in [9.17, 15) is 4.79 Å².